The normalized spacial score (nSPS) is 10.7. The fourth-order valence-corrected chi connectivity index (χ4v) is 2.37. The molecule has 0 aliphatic heterocycles. The van der Waals surface area contributed by atoms with Crippen LogP contribution in [-0.4, -0.2) is 14.8 Å². The average molecular weight is 303 g/mol. The molecule has 1 aromatic heterocycles. The molecule has 0 aliphatic rings. The summed E-state index contributed by atoms with van der Waals surface area (Å²) in [6.45, 7) is 0. The fourth-order valence-electron chi connectivity index (χ4n) is 1.28. The van der Waals surface area contributed by atoms with Crippen molar-refractivity contribution in [2.75, 3.05) is 5.73 Å². The first kappa shape index (κ1) is 13.6. The molecule has 1 aromatic carbocycles. The van der Waals surface area contributed by atoms with Crippen molar-refractivity contribution in [1.82, 2.24) is 14.8 Å². The minimum atomic E-state index is -0.910. The van der Waals surface area contributed by atoms with Crippen LogP contribution in [0.1, 0.15) is 0 Å². The number of nitrogens with one attached hydrogen (secondary N) is 1. The highest BCUT2D eigenvalue weighted by Crippen LogP contribution is 2.33. The van der Waals surface area contributed by atoms with E-state index in [9.17, 15) is 14.0 Å². The van der Waals surface area contributed by atoms with E-state index in [1.165, 1.54) is 17.8 Å². The molecule has 0 saturated heterocycles. The second-order valence-electron chi connectivity index (χ2n) is 3.61. The Kier molecular flexibility index (Phi) is 3.63. The highest BCUT2D eigenvalue weighted by molar-refractivity contribution is 7.99. The quantitative estimate of drug-likeness (QED) is 0.637. The number of H-pyrrole nitrogens is 1. The summed E-state index contributed by atoms with van der Waals surface area (Å²) in [5.74, 6) is -0.633. The second-order valence-corrected chi connectivity index (χ2v) is 5.02. The van der Waals surface area contributed by atoms with Gasteiger partial charge < -0.3 is 5.73 Å². The zero-order valence-corrected chi connectivity index (χ0v) is 11.2. The highest BCUT2D eigenvalue weighted by atomic mass is 35.5. The zero-order valence-electron chi connectivity index (χ0n) is 9.61. The molecule has 9 heteroatoms. The van der Waals surface area contributed by atoms with Gasteiger partial charge in [-0.25, -0.2) is 4.39 Å². The molecule has 6 nitrogen and oxygen atoms in total. The molecule has 0 saturated carbocycles. The molecule has 0 amide bonds. The minimum Gasteiger partial charge on any atom is -0.398 e. The molecule has 0 aliphatic carbocycles. The van der Waals surface area contributed by atoms with Crippen molar-refractivity contribution in [3.63, 3.8) is 0 Å². The summed E-state index contributed by atoms with van der Waals surface area (Å²) in [5, 5.41) is 2.41. The first-order valence-corrected chi connectivity index (χ1v) is 6.17. The Hall–Kier alpha value is -1.80. The van der Waals surface area contributed by atoms with E-state index in [1.807, 2.05) is 0 Å². The zero-order chi connectivity index (χ0) is 14.2. The van der Waals surface area contributed by atoms with E-state index in [4.69, 9.17) is 17.3 Å². The number of aromatic nitrogens is 3. The summed E-state index contributed by atoms with van der Waals surface area (Å²) in [6, 6.07) is 2.41. The van der Waals surface area contributed by atoms with E-state index >= 15 is 0 Å². The number of hydrogen-bond acceptors (Lipinski definition) is 5. The number of aromatic amines is 1. The first-order valence-electron chi connectivity index (χ1n) is 4.98. The Morgan fingerprint density at radius 2 is 2.16 bits per heavy atom. The van der Waals surface area contributed by atoms with Gasteiger partial charge in [-0.2, -0.15) is 4.98 Å². The Morgan fingerprint density at radius 3 is 2.84 bits per heavy atom. The fraction of sp³-hybridized carbons (Fsp3) is 0.100. The molecule has 0 atom stereocenters. The number of anilines is 1. The van der Waals surface area contributed by atoms with Gasteiger partial charge in [0.15, 0.2) is 5.16 Å². The number of nitrogens with two attached hydrogens (primary N) is 1. The lowest BCUT2D eigenvalue weighted by atomic mass is 10.3. The maximum atomic E-state index is 13.2. The van der Waals surface area contributed by atoms with E-state index in [0.717, 1.165) is 17.8 Å². The lowest BCUT2D eigenvalue weighted by molar-refractivity contribution is 0.596. The monoisotopic (exact) mass is 302 g/mol. The van der Waals surface area contributed by atoms with Gasteiger partial charge in [-0.15, -0.1) is 0 Å². The largest absolute Gasteiger partial charge is 0.398 e. The van der Waals surface area contributed by atoms with Gasteiger partial charge in [0.25, 0.3) is 0 Å². The number of hydrogen-bond donors (Lipinski definition) is 2. The van der Waals surface area contributed by atoms with Gasteiger partial charge in [0.2, 0.25) is 0 Å². The predicted molar refractivity (Wildman–Crippen MR) is 70.0 cm³/mol. The van der Waals surface area contributed by atoms with Crippen LogP contribution >= 0.6 is 23.4 Å². The van der Waals surface area contributed by atoms with Crippen molar-refractivity contribution >= 4 is 29.1 Å². The van der Waals surface area contributed by atoms with Crippen molar-refractivity contribution in [1.29, 1.82) is 0 Å². The number of nitrogen functional groups attached to an aromatic ring is 1. The molecule has 19 heavy (non-hydrogen) atoms. The Balaban J connectivity index is 2.47. The lowest BCUT2D eigenvalue weighted by Crippen LogP contribution is -2.33. The van der Waals surface area contributed by atoms with Crippen LogP contribution in [0.15, 0.2) is 31.8 Å². The molecule has 2 aromatic rings. The van der Waals surface area contributed by atoms with Gasteiger partial charge in [-0.05, 0) is 23.9 Å². The van der Waals surface area contributed by atoms with Crippen LogP contribution in [0.3, 0.4) is 0 Å². The number of halogens is 2. The first-order chi connectivity index (χ1) is 8.88. The third-order valence-electron chi connectivity index (χ3n) is 2.20. The van der Waals surface area contributed by atoms with Gasteiger partial charge >= 0.3 is 11.1 Å². The van der Waals surface area contributed by atoms with Crippen molar-refractivity contribution in [3.8, 4) is 0 Å². The molecule has 0 unspecified atom stereocenters. The van der Waals surface area contributed by atoms with Gasteiger partial charge in [0, 0.05) is 17.6 Å². The van der Waals surface area contributed by atoms with Crippen molar-refractivity contribution in [3.05, 3.63) is 43.7 Å². The van der Waals surface area contributed by atoms with E-state index in [1.54, 1.807) is 0 Å². The number of rotatable bonds is 2. The maximum Gasteiger partial charge on any atom is 0.339 e. The topological polar surface area (TPSA) is 93.8 Å². The summed E-state index contributed by atoms with van der Waals surface area (Å²) in [5.41, 5.74) is 4.08. The molecule has 0 fully saturated rings. The van der Waals surface area contributed by atoms with E-state index in [-0.39, 0.29) is 15.9 Å². The number of nitrogens with zero attached hydrogens (tertiary/aromatic N) is 2. The maximum absolute atomic E-state index is 13.2. The summed E-state index contributed by atoms with van der Waals surface area (Å²) < 4.78 is 14.4. The van der Waals surface area contributed by atoms with Gasteiger partial charge in [0.05, 0.1) is 5.02 Å². The van der Waals surface area contributed by atoms with Crippen molar-refractivity contribution in [2.24, 2.45) is 7.05 Å². The molecule has 100 valence electrons. The number of benzene rings is 1. The smallest absolute Gasteiger partial charge is 0.339 e. The average Bonchev–Trinajstić information content (AvgIpc) is 2.32. The Bertz CT molecular complexity index is 758. The van der Waals surface area contributed by atoms with Crippen LogP contribution in [0, 0.1) is 5.82 Å². The molecule has 2 rings (SSSR count). The lowest BCUT2D eigenvalue weighted by Gasteiger charge is -2.08. The van der Waals surface area contributed by atoms with Gasteiger partial charge in [0.1, 0.15) is 5.82 Å². The summed E-state index contributed by atoms with van der Waals surface area (Å²) in [6.07, 6.45) is 0. The third kappa shape index (κ3) is 2.79. The standard InChI is InChI=1S/C10H8ClFN4O2S/c1-16-10(14-8(17)9(18)15-16)19-7-2-4(11)5(12)3-6(7)13/h2-3H,13H2,1H3,(H,15,18). The van der Waals surface area contributed by atoms with Crippen LogP contribution in [0.5, 0.6) is 0 Å². The predicted octanol–water partition coefficient (Wildman–Crippen LogP) is 0.994. The minimum absolute atomic E-state index is 0.0916. The molecule has 0 bridgehead atoms. The molecule has 3 N–H and O–H groups in total. The molecule has 0 radical (unpaired) electrons. The molecule has 1 heterocycles. The Morgan fingerprint density at radius 1 is 1.47 bits per heavy atom. The van der Waals surface area contributed by atoms with Crippen molar-refractivity contribution < 1.29 is 4.39 Å². The SMILES string of the molecule is Cn1[nH]c(=O)c(=O)nc1Sc1cc(Cl)c(F)cc1N. The molecular weight excluding hydrogens is 295 g/mol. The van der Waals surface area contributed by atoms with E-state index in [2.05, 4.69) is 10.1 Å². The second kappa shape index (κ2) is 5.06. The third-order valence-corrected chi connectivity index (χ3v) is 3.61. The van der Waals surface area contributed by atoms with Crippen LogP contribution in [-0.2, 0) is 7.05 Å². The molecular formula is C10H8ClFN4O2S. The van der Waals surface area contributed by atoms with Crippen LogP contribution < -0.4 is 16.9 Å². The van der Waals surface area contributed by atoms with E-state index < -0.39 is 16.9 Å². The number of aryl methyl sites for hydroxylation is 1. The highest BCUT2D eigenvalue weighted by Gasteiger charge is 2.11. The van der Waals surface area contributed by atoms with E-state index in [0.29, 0.717) is 4.90 Å². The Labute approximate surface area is 115 Å². The van der Waals surface area contributed by atoms with Crippen LogP contribution in [0.25, 0.3) is 0 Å². The summed E-state index contributed by atoms with van der Waals surface area (Å²) >= 11 is 6.65. The summed E-state index contributed by atoms with van der Waals surface area (Å²) in [7, 11) is 1.51. The molecule has 0 spiro atoms. The van der Waals surface area contributed by atoms with Crippen LogP contribution in [0.4, 0.5) is 10.1 Å². The summed E-state index contributed by atoms with van der Waals surface area (Å²) in [4.78, 5) is 26.3. The van der Waals surface area contributed by atoms with Crippen molar-refractivity contribution in [2.45, 2.75) is 10.1 Å². The van der Waals surface area contributed by atoms with Crippen LogP contribution in [0.2, 0.25) is 5.02 Å². The van der Waals surface area contributed by atoms with Gasteiger partial charge in [-0.1, -0.05) is 11.6 Å². The van der Waals surface area contributed by atoms with Gasteiger partial charge in [-0.3, -0.25) is 19.4 Å².